The van der Waals surface area contributed by atoms with Crippen molar-refractivity contribution in [2.45, 2.75) is 6.42 Å². The van der Waals surface area contributed by atoms with Gasteiger partial charge in [-0.25, -0.2) is 4.68 Å². The zero-order valence-corrected chi connectivity index (χ0v) is 13.2. The third kappa shape index (κ3) is 3.24. The molecule has 1 N–H and O–H groups in total. The molecular formula is C17H14ClN3O2. The van der Waals surface area contributed by atoms with Crippen molar-refractivity contribution in [2.24, 2.45) is 7.05 Å². The molecule has 5 nitrogen and oxygen atoms in total. The van der Waals surface area contributed by atoms with Gasteiger partial charge in [-0.05, 0) is 30.3 Å². The molecule has 0 spiro atoms. The number of rotatable bonds is 3. The van der Waals surface area contributed by atoms with Crippen LogP contribution in [0.5, 0.6) is 0 Å². The number of carbonyl (C=O) groups excluding carboxylic acids is 1. The van der Waals surface area contributed by atoms with E-state index in [1.54, 1.807) is 49.5 Å². The van der Waals surface area contributed by atoms with Crippen LogP contribution in [0.25, 0.3) is 10.8 Å². The number of hydrogen-bond acceptors (Lipinski definition) is 3. The van der Waals surface area contributed by atoms with Gasteiger partial charge in [0.15, 0.2) is 0 Å². The molecule has 23 heavy (non-hydrogen) atoms. The van der Waals surface area contributed by atoms with Crippen LogP contribution in [0.1, 0.15) is 5.69 Å². The van der Waals surface area contributed by atoms with Crippen LogP contribution in [-0.4, -0.2) is 15.7 Å². The van der Waals surface area contributed by atoms with Crippen LogP contribution in [-0.2, 0) is 18.3 Å². The third-order valence-electron chi connectivity index (χ3n) is 3.49. The quantitative estimate of drug-likeness (QED) is 0.804. The van der Waals surface area contributed by atoms with Crippen LogP contribution in [0.4, 0.5) is 5.69 Å². The minimum Gasteiger partial charge on any atom is -0.326 e. The number of halogens is 1. The third-order valence-corrected chi connectivity index (χ3v) is 3.74. The second-order valence-corrected chi connectivity index (χ2v) is 5.59. The maximum atomic E-state index is 12.2. The van der Waals surface area contributed by atoms with E-state index in [1.165, 1.54) is 4.68 Å². The summed E-state index contributed by atoms with van der Waals surface area (Å²) in [7, 11) is 1.58. The Balaban J connectivity index is 1.89. The van der Waals surface area contributed by atoms with Crippen molar-refractivity contribution < 1.29 is 4.79 Å². The van der Waals surface area contributed by atoms with Gasteiger partial charge in [0.05, 0.1) is 17.5 Å². The molecule has 0 aliphatic heterocycles. The lowest BCUT2D eigenvalue weighted by atomic mass is 10.1. The first-order valence-corrected chi connectivity index (χ1v) is 7.43. The smallest absolute Gasteiger partial charge is 0.274 e. The Morgan fingerprint density at radius 2 is 1.78 bits per heavy atom. The monoisotopic (exact) mass is 327 g/mol. The van der Waals surface area contributed by atoms with Crippen LogP contribution in [0, 0.1) is 0 Å². The summed E-state index contributed by atoms with van der Waals surface area (Å²) >= 11 is 5.82. The number of nitrogens with zero attached hydrogens (tertiary/aromatic N) is 2. The lowest BCUT2D eigenvalue weighted by molar-refractivity contribution is -0.115. The normalized spacial score (nSPS) is 10.7. The van der Waals surface area contributed by atoms with Crippen LogP contribution < -0.4 is 10.9 Å². The maximum absolute atomic E-state index is 12.2. The van der Waals surface area contributed by atoms with Gasteiger partial charge in [-0.3, -0.25) is 9.59 Å². The molecule has 0 aliphatic rings. The fourth-order valence-corrected chi connectivity index (χ4v) is 2.52. The van der Waals surface area contributed by atoms with Gasteiger partial charge < -0.3 is 5.32 Å². The molecule has 6 heteroatoms. The summed E-state index contributed by atoms with van der Waals surface area (Å²) in [6.07, 6.45) is 0.0806. The Morgan fingerprint density at radius 1 is 1.13 bits per heavy atom. The Morgan fingerprint density at radius 3 is 2.48 bits per heavy atom. The molecule has 0 aliphatic carbocycles. The van der Waals surface area contributed by atoms with Crippen molar-refractivity contribution in [1.29, 1.82) is 0 Å². The van der Waals surface area contributed by atoms with Gasteiger partial charge >= 0.3 is 0 Å². The van der Waals surface area contributed by atoms with E-state index in [0.717, 1.165) is 0 Å². The number of benzene rings is 2. The molecule has 0 radical (unpaired) electrons. The molecule has 0 saturated carbocycles. The van der Waals surface area contributed by atoms with Crippen LogP contribution in [0.2, 0.25) is 5.02 Å². The van der Waals surface area contributed by atoms with E-state index < -0.39 is 0 Å². The van der Waals surface area contributed by atoms with E-state index in [2.05, 4.69) is 10.4 Å². The molecule has 0 unspecified atom stereocenters. The Bertz CT molecular complexity index is 933. The predicted octanol–water partition coefficient (Wildman–Crippen LogP) is 2.77. The van der Waals surface area contributed by atoms with Crippen LogP contribution >= 0.6 is 11.6 Å². The standard InChI is InChI=1S/C17H14ClN3O2/c1-21-17(23)14-5-3-2-4-13(14)15(20-21)10-16(22)19-12-8-6-11(18)7-9-12/h2-9H,10H2,1H3,(H,19,22). The highest BCUT2D eigenvalue weighted by atomic mass is 35.5. The summed E-state index contributed by atoms with van der Waals surface area (Å²) in [5, 5.41) is 8.87. The van der Waals surface area contributed by atoms with Crippen LogP contribution in [0.15, 0.2) is 53.3 Å². The van der Waals surface area contributed by atoms with Crippen molar-refractivity contribution in [3.05, 3.63) is 69.6 Å². The van der Waals surface area contributed by atoms with E-state index in [1.807, 2.05) is 6.07 Å². The topological polar surface area (TPSA) is 64.0 Å². The number of amides is 1. The van der Waals surface area contributed by atoms with Gasteiger partial charge in [0.1, 0.15) is 0 Å². The Hall–Kier alpha value is -2.66. The zero-order chi connectivity index (χ0) is 16.4. The summed E-state index contributed by atoms with van der Waals surface area (Å²) in [4.78, 5) is 24.3. The van der Waals surface area contributed by atoms with E-state index in [0.29, 0.717) is 27.2 Å². The average molecular weight is 328 g/mol. The second-order valence-electron chi connectivity index (χ2n) is 5.15. The van der Waals surface area contributed by atoms with Gasteiger partial charge in [-0.15, -0.1) is 0 Å². The highest BCUT2D eigenvalue weighted by Gasteiger charge is 2.12. The van der Waals surface area contributed by atoms with E-state index in [-0.39, 0.29) is 17.9 Å². The van der Waals surface area contributed by atoms with Gasteiger partial charge in [-0.2, -0.15) is 5.10 Å². The van der Waals surface area contributed by atoms with E-state index >= 15 is 0 Å². The fourth-order valence-electron chi connectivity index (χ4n) is 2.40. The lowest BCUT2D eigenvalue weighted by Crippen LogP contribution is -2.24. The fraction of sp³-hybridized carbons (Fsp3) is 0.118. The number of carbonyl (C=O) groups is 1. The summed E-state index contributed by atoms with van der Waals surface area (Å²) in [6.45, 7) is 0. The minimum absolute atomic E-state index is 0.0806. The molecule has 0 fully saturated rings. The number of nitrogens with one attached hydrogen (secondary N) is 1. The maximum Gasteiger partial charge on any atom is 0.274 e. The van der Waals surface area contributed by atoms with Gasteiger partial charge in [0.2, 0.25) is 5.91 Å². The molecule has 0 atom stereocenters. The molecular weight excluding hydrogens is 314 g/mol. The first-order valence-electron chi connectivity index (χ1n) is 7.05. The number of fused-ring (bicyclic) bond motifs is 1. The Labute approximate surface area is 137 Å². The zero-order valence-electron chi connectivity index (χ0n) is 12.4. The molecule has 1 heterocycles. The number of aromatic nitrogens is 2. The summed E-state index contributed by atoms with van der Waals surface area (Å²) in [5.74, 6) is -0.205. The van der Waals surface area contributed by atoms with Crippen molar-refractivity contribution in [3.8, 4) is 0 Å². The summed E-state index contributed by atoms with van der Waals surface area (Å²) in [5.41, 5.74) is 1.05. The van der Waals surface area contributed by atoms with Crippen LogP contribution in [0.3, 0.4) is 0 Å². The summed E-state index contributed by atoms with van der Waals surface area (Å²) in [6, 6.07) is 14.0. The number of hydrogen-bond donors (Lipinski definition) is 1. The van der Waals surface area contributed by atoms with Gasteiger partial charge in [0, 0.05) is 23.1 Å². The largest absolute Gasteiger partial charge is 0.326 e. The first kappa shape index (κ1) is 15.2. The Kier molecular flexibility index (Phi) is 4.12. The van der Waals surface area contributed by atoms with Crippen molar-refractivity contribution in [2.75, 3.05) is 5.32 Å². The molecule has 1 aromatic heterocycles. The highest BCUT2D eigenvalue weighted by Crippen LogP contribution is 2.16. The predicted molar refractivity (Wildman–Crippen MR) is 90.8 cm³/mol. The highest BCUT2D eigenvalue weighted by molar-refractivity contribution is 6.30. The molecule has 1 amide bonds. The van der Waals surface area contributed by atoms with E-state index in [9.17, 15) is 9.59 Å². The first-order chi connectivity index (χ1) is 11.0. The van der Waals surface area contributed by atoms with Gasteiger partial charge in [-0.1, -0.05) is 29.8 Å². The SMILES string of the molecule is Cn1nc(CC(=O)Nc2ccc(Cl)cc2)c2ccccc2c1=O. The van der Waals surface area contributed by atoms with E-state index in [4.69, 9.17) is 11.6 Å². The molecule has 0 saturated heterocycles. The molecule has 116 valence electrons. The minimum atomic E-state index is -0.205. The number of anilines is 1. The van der Waals surface area contributed by atoms with Crippen molar-refractivity contribution in [1.82, 2.24) is 9.78 Å². The molecule has 3 rings (SSSR count). The average Bonchev–Trinajstić information content (AvgIpc) is 2.54. The molecule has 3 aromatic rings. The molecule has 0 bridgehead atoms. The lowest BCUT2D eigenvalue weighted by Gasteiger charge is -2.09. The number of aryl methyl sites for hydroxylation is 1. The van der Waals surface area contributed by atoms with Crippen molar-refractivity contribution in [3.63, 3.8) is 0 Å². The second kappa shape index (κ2) is 6.22. The molecule has 2 aromatic carbocycles. The van der Waals surface area contributed by atoms with Gasteiger partial charge in [0.25, 0.3) is 5.56 Å². The summed E-state index contributed by atoms with van der Waals surface area (Å²) < 4.78 is 1.26. The van der Waals surface area contributed by atoms with Crippen molar-refractivity contribution >= 4 is 34.0 Å².